The first-order valence-corrected chi connectivity index (χ1v) is 5.17. The van der Waals surface area contributed by atoms with Crippen LogP contribution in [0, 0.1) is 0 Å². The highest BCUT2D eigenvalue weighted by atomic mass is 16.5. The molecule has 1 aromatic rings. The summed E-state index contributed by atoms with van der Waals surface area (Å²) in [6.07, 6.45) is 0.855. The van der Waals surface area contributed by atoms with Crippen molar-refractivity contribution >= 4 is 7.12 Å². The van der Waals surface area contributed by atoms with Crippen LogP contribution >= 0.6 is 0 Å². The zero-order chi connectivity index (χ0) is 10.8. The van der Waals surface area contributed by atoms with Gasteiger partial charge < -0.3 is 14.4 Å². The van der Waals surface area contributed by atoms with Gasteiger partial charge in [-0.2, -0.15) is 0 Å². The van der Waals surface area contributed by atoms with Crippen molar-refractivity contribution in [2.45, 2.75) is 25.8 Å². The van der Waals surface area contributed by atoms with E-state index < -0.39 is 7.12 Å². The molecule has 0 amide bonds. The number of methoxy groups -OCH3 is 1. The number of rotatable bonds is 2. The first-order chi connectivity index (χ1) is 7.22. The van der Waals surface area contributed by atoms with Crippen molar-refractivity contribution in [3.8, 4) is 5.75 Å². The predicted octanol–water partition coefficient (Wildman–Crippen LogP) is 1.64. The van der Waals surface area contributed by atoms with E-state index in [1.165, 1.54) is 0 Å². The molecule has 15 heavy (non-hydrogen) atoms. The van der Waals surface area contributed by atoms with Crippen LogP contribution in [-0.2, 0) is 17.8 Å². The standard InChI is InChI=1S/C11H15BO3/c1-8-6-9-4-3-5-10(7-14-2)11(9)15-12(8)13/h3-5,8,13H,6-7H2,1-2H3. The van der Waals surface area contributed by atoms with Crippen LogP contribution in [-0.4, -0.2) is 19.3 Å². The lowest BCUT2D eigenvalue weighted by molar-refractivity contribution is 0.182. The molecule has 1 heterocycles. The van der Waals surface area contributed by atoms with Crippen LogP contribution in [0.4, 0.5) is 0 Å². The first-order valence-electron chi connectivity index (χ1n) is 5.17. The Labute approximate surface area is 90.2 Å². The fourth-order valence-corrected chi connectivity index (χ4v) is 1.90. The number of benzene rings is 1. The molecule has 1 aliphatic heterocycles. The SMILES string of the molecule is COCc1cccc2c1OB(O)C(C)C2. The zero-order valence-electron chi connectivity index (χ0n) is 9.06. The highest BCUT2D eigenvalue weighted by Crippen LogP contribution is 2.34. The van der Waals surface area contributed by atoms with E-state index in [1.807, 2.05) is 25.1 Å². The van der Waals surface area contributed by atoms with Crippen molar-refractivity contribution in [2.75, 3.05) is 7.11 Å². The normalized spacial score (nSPS) is 19.7. The molecular formula is C11H15BO3. The second-order valence-electron chi connectivity index (χ2n) is 4.03. The van der Waals surface area contributed by atoms with Gasteiger partial charge in [0, 0.05) is 18.5 Å². The Kier molecular flexibility index (Phi) is 2.98. The van der Waals surface area contributed by atoms with E-state index in [9.17, 15) is 5.02 Å². The molecule has 1 aromatic carbocycles. The molecule has 1 aliphatic rings. The second kappa shape index (κ2) is 4.25. The Morgan fingerprint density at radius 1 is 1.60 bits per heavy atom. The molecular weight excluding hydrogens is 191 g/mol. The van der Waals surface area contributed by atoms with Crippen LogP contribution in [0.25, 0.3) is 0 Å². The molecule has 0 bridgehead atoms. The van der Waals surface area contributed by atoms with E-state index in [0.717, 1.165) is 23.3 Å². The van der Waals surface area contributed by atoms with Gasteiger partial charge >= 0.3 is 7.12 Å². The summed E-state index contributed by atoms with van der Waals surface area (Å²) in [4.78, 5) is 0. The third-order valence-electron chi connectivity index (χ3n) is 2.75. The Hall–Kier alpha value is -0.995. The second-order valence-corrected chi connectivity index (χ2v) is 4.03. The molecule has 1 N–H and O–H groups in total. The van der Waals surface area contributed by atoms with E-state index in [4.69, 9.17) is 9.39 Å². The summed E-state index contributed by atoms with van der Waals surface area (Å²) >= 11 is 0. The number of hydrogen-bond donors (Lipinski definition) is 1. The van der Waals surface area contributed by atoms with Crippen molar-refractivity contribution in [3.05, 3.63) is 29.3 Å². The molecule has 0 saturated heterocycles. The first kappa shape index (κ1) is 10.5. The molecule has 1 unspecified atom stereocenters. The summed E-state index contributed by atoms with van der Waals surface area (Å²) in [5.41, 5.74) is 2.16. The van der Waals surface area contributed by atoms with E-state index in [-0.39, 0.29) is 5.82 Å². The Morgan fingerprint density at radius 2 is 2.40 bits per heavy atom. The minimum absolute atomic E-state index is 0.148. The molecule has 2 rings (SSSR count). The van der Waals surface area contributed by atoms with E-state index in [0.29, 0.717) is 6.61 Å². The summed E-state index contributed by atoms with van der Waals surface area (Å²) in [6.45, 7) is 2.50. The maximum absolute atomic E-state index is 9.65. The fourth-order valence-electron chi connectivity index (χ4n) is 1.90. The average Bonchev–Trinajstić information content (AvgIpc) is 2.21. The molecule has 0 aliphatic carbocycles. The lowest BCUT2D eigenvalue weighted by Gasteiger charge is -2.26. The van der Waals surface area contributed by atoms with Crippen molar-refractivity contribution in [2.24, 2.45) is 0 Å². The van der Waals surface area contributed by atoms with Crippen LogP contribution in [0.2, 0.25) is 5.82 Å². The monoisotopic (exact) mass is 206 g/mol. The summed E-state index contributed by atoms with van der Waals surface area (Å²) in [6, 6.07) is 6.00. The summed E-state index contributed by atoms with van der Waals surface area (Å²) in [5.74, 6) is 0.945. The van der Waals surface area contributed by atoms with Gasteiger partial charge in [-0.3, -0.25) is 0 Å². The summed E-state index contributed by atoms with van der Waals surface area (Å²) in [5, 5.41) is 9.65. The van der Waals surface area contributed by atoms with Gasteiger partial charge in [-0.25, -0.2) is 0 Å². The number of fused-ring (bicyclic) bond motifs is 1. The largest absolute Gasteiger partial charge is 0.535 e. The smallest absolute Gasteiger partial charge is 0.525 e. The molecule has 0 saturated carbocycles. The van der Waals surface area contributed by atoms with Crippen molar-refractivity contribution in [1.82, 2.24) is 0 Å². The Balaban J connectivity index is 2.34. The fraction of sp³-hybridized carbons (Fsp3) is 0.455. The highest BCUT2D eigenvalue weighted by Gasteiger charge is 2.32. The van der Waals surface area contributed by atoms with Crippen molar-refractivity contribution in [1.29, 1.82) is 0 Å². The topological polar surface area (TPSA) is 38.7 Å². The van der Waals surface area contributed by atoms with Gasteiger partial charge in [0.25, 0.3) is 0 Å². The van der Waals surface area contributed by atoms with Crippen LogP contribution in [0.1, 0.15) is 18.1 Å². The predicted molar refractivity (Wildman–Crippen MR) is 58.9 cm³/mol. The minimum Gasteiger partial charge on any atom is -0.535 e. The highest BCUT2D eigenvalue weighted by molar-refractivity contribution is 6.46. The molecule has 1 atom stereocenters. The number of para-hydroxylation sites is 1. The van der Waals surface area contributed by atoms with E-state index in [1.54, 1.807) is 7.11 Å². The zero-order valence-corrected chi connectivity index (χ0v) is 9.06. The van der Waals surface area contributed by atoms with Crippen molar-refractivity contribution < 1.29 is 14.4 Å². The lowest BCUT2D eigenvalue weighted by atomic mass is 9.68. The molecule has 3 nitrogen and oxygen atoms in total. The van der Waals surface area contributed by atoms with Gasteiger partial charge in [0.15, 0.2) is 0 Å². The summed E-state index contributed by atoms with van der Waals surface area (Å²) < 4.78 is 10.6. The van der Waals surface area contributed by atoms with Crippen LogP contribution in [0.3, 0.4) is 0 Å². The van der Waals surface area contributed by atoms with Gasteiger partial charge in [0.1, 0.15) is 5.75 Å². The molecule has 0 spiro atoms. The quantitative estimate of drug-likeness (QED) is 0.747. The lowest BCUT2D eigenvalue weighted by Crippen LogP contribution is -2.32. The molecule has 0 aromatic heterocycles. The van der Waals surface area contributed by atoms with Crippen LogP contribution < -0.4 is 4.65 Å². The molecule has 4 heteroatoms. The maximum Gasteiger partial charge on any atom is 0.525 e. The van der Waals surface area contributed by atoms with Crippen LogP contribution in [0.15, 0.2) is 18.2 Å². The van der Waals surface area contributed by atoms with Gasteiger partial charge in [0.05, 0.1) is 6.61 Å². The van der Waals surface area contributed by atoms with Gasteiger partial charge in [-0.1, -0.05) is 25.1 Å². The molecule has 0 fully saturated rings. The third-order valence-corrected chi connectivity index (χ3v) is 2.75. The Morgan fingerprint density at radius 3 is 3.13 bits per heavy atom. The Bertz CT molecular complexity index is 339. The average molecular weight is 206 g/mol. The van der Waals surface area contributed by atoms with Crippen LogP contribution in [0.5, 0.6) is 5.75 Å². The van der Waals surface area contributed by atoms with Crippen molar-refractivity contribution in [3.63, 3.8) is 0 Å². The number of hydrogen-bond acceptors (Lipinski definition) is 3. The molecule has 80 valence electrons. The number of ether oxygens (including phenoxy) is 1. The molecule has 0 radical (unpaired) electrons. The van der Waals surface area contributed by atoms with Gasteiger partial charge in [-0.15, -0.1) is 0 Å². The van der Waals surface area contributed by atoms with Gasteiger partial charge in [0.2, 0.25) is 0 Å². The maximum atomic E-state index is 9.65. The van der Waals surface area contributed by atoms with E-state index >= 15 is 0 Å². The van der Waals surface area contributed by atoms with Gasteiger partial charge in [-0.05, 0) is 12.0 Å². The van der Waals surface area contributed by atoms with E-state index in [2.05, 4.69) is 0 Å². The third kappa shape index (κ3) is 2.01. The minimum atomic E-state index is -0.699. The summed E-state index contributed by atoms with van der Waals surface area (Å²) in [7, 11) is 0.955.